The van der Waals surface area contributed by atoms with E-state index >= 15 is 0 Å². The van der Waals surface area contributed by atoms with Gasteiger partial charge in [0.2, 0.25) is 0 Å². The van der Waals surface area contributed by atoms with Crippen LogP contribution in [0.25, 0.3) is 0 Å². The smallest absolute Gasteiger partial charge is 0.122 e. The minimum absolute atomic E-state index is 0.107. The van der Waals surface area contributed by atoms with Crippen LogP contribution in [0.1, 0.15) is 21.6 Å². The lowest BCUT2D eigenvalue weighted by atomic mass is 10.1. The molecule has 98 valence electrons. The first-order chi connectivity index (χ1) is 9.17. The number of aliphatic hydroxyl groups is 1. The molecule has 0 amide bonds. The van der Waals surface area contributed by atoms with Crippen molar-refractivity contribution in [1.82, 2.24) is 0 Å². The minimum atomic E-state index is -0.107. The van der Waals surface area contributed by atoms with Gasteiger partial charge in [0.1, 0.15) is 19.0 Å². The summed E-state index contributed by atoms with van der Waals surface area (Å²) in [6.07, 6.45) is 0. The summed E-state index contributed by atoms with van der Waals surface area (Å²) < 4.78 is 5.78. The number of aryl methyl sites for hydroxylation is 2. The molecule has 0 fully saturated rings. The van der Waals surface area contributed by atoms with Crippen LogP contribution < -0.4 is 4.74 Å². The Hall–Kier alpha value is -1.76. The van der Waals surface area contributed by atoms with Crippen LogP contribution >= 0.6 is 11.3 Å². The van der Waals surface area contributed by atoms with E-state index in [0.29, 0.717) is 6.61 Å². The van der Waals surface area contributed by atoms with Gasteiger partial charge in [-0.3, -0.25) is 0 Å². The van der Waals surface area contributed by atoms with Crippen molar-refractivity contribution < 1.29 is 9.84 Å². The molecule has 0 bridgehead atoms. The van der Waals surface area contributed by atoms with Gasteiger partial charge in [-0.05, 0) is 43.2 Å². The predicted molar refractivity (Wildman–Crippen MR) is 78.5 cm³/mol. The Morgan fingerprint density at radius 2 is 1.89 bits per heavy atom. The molecule has 2 nitrogen and oxygen atoms in total. The molecule has 2 rings (SSSR count). The van der Waals surface area contributed by atoms with Crippen LogP contribution in [-0.2, 0) is 6.61 Å². The summed E-state index contributed by atoms with van der Waals surface area (Å²) in [7, 11) is 0. The Morgan fingerprint density at radius 1 is 1.16 bits per heavy atom. The second kappa shape index (κ2) is 6.42. The second-order valence-electron chi connectivity index (χ2n) is 4.37. The maximum absolute atomic E-state index is 8.64. The fourth-order valence-corrected chi connectivity index (χ4v) is 2.56. The second-order valence-corrected chi connectivity index (χ2v) is 5.37. The van der Waals surface area contributed by atoms with Gasteiger partial charge in [-0.15, -0.1) is 11.3 Å². The Kier molecular flexibility index (Phi) is 4.62. The molecule has 2 aromatic rings. The van der Waals surface area contributed by atoms with Crippen molar-refractivity contribution in [2.24, 2.45) is 0 Å². The molecule has 3 heteroatoms. The molecular formula is C16H16O2S. The van der Waals surface area contributed by atoms with Crippen LogP contribution in [0.2, 0.25) is 0 Å². The molecule has 0 unspecified atom stereocenters. The average Bonchev–Trinajstić information content (AvgIpc) is 2.81. The highest BCUT2D eigenvalue weighted by Crippen LogP contribution is 2.20. The quantitative estimate of drug-likeness (QED) is 0.869. The van der Waals surface area contributed by atoms with Crippen LogP contribution in [0.4, 0.5) is 0 Å². The summed E-state index contributed by atoms with van der Waals surface area (Å²) in [6, 6.07) is 8.19. The van der Waals surface area contributed by atoms with Crippen LogP contribution in [0.3, 0.4) is 0 Å². The van der Waals surface area contributed by atoms with Gasteiger partial charge in [0.05, 0.1) is 0 Å². The zero-order valence-corrected chi connectivity index (χ0v) is 11.9. The largest absolute Gasteiger partial charge is 0.488 e. The zero-order chi connectivity index (χ0) is 13.7. The van der Waals surface area contributed by atoms with Crippen molar-refractivity contribution in [2.45, 2.75) is 20.5 Å². The number of rotatable bonds is 3. The maximum Gasteiger partial charge on any atom is 0.122 e. The van der Waals surface area contributed by atoms with E-state index < -0.39 is 0 Å². The van der Waals surface area contributed by atoms with Crippen LogP contribution in [0.15, 0.2) is 29.6 Å². The van der Waals surface area contributed by atoms with E-state index in [-0.39, 0.29) is 6.61 Å². The average molecular weight is 272 g/mol. The first-order valence-corrected chi connectivity index (χ1v) is 6.93. The minimum Gasteiger partial charge on any atom is -0.488 e. The van der Waals surface area contributed by atoms with Gasteiger partial charge >= 0.3 is 0 Å². The molecule has 0 atom stereocenters. The first-order valence-electron chi connectivity index (χ1n) is 6.05. The summed E-state index contributed by atoms with van der Waals surface area (Å²) in [5, 5.41) is 10.6. The summed E-state index contributed by atoms with van der Waals surface area (Å²) in [4.78, 5) is 1.13. The zero-order valence-electron chi connectivity index (χ0n) is 11.1. The third-order valence-electron chi connectivity index (χ3n) is 2.54. The maximum atomic E-state index is 8.64. The summed E-state index contributed by atoms with van der Waals surface area (Å²) in [6.45, 7) is 4.57. The van der Waals surface area contributed by atoms with Gasteiger partial charge in [-0.2, -0.15) is 0 Å². The fourth-order valence-electron chi connectivity index (χ4n) is 1.83. The lowest BCUT2D eigenvalue weighted by Crippen LogP contribution is -1.93. The first kappa shape index (κ1) is 13.7. The van der Waals surface area contributed by atoms with Crippen molar-refractivity contribution in [1.29, 1.82) is 0 Å². The van der Waals surface area contributed by atoms with Crippen molar-refractivity contribution in [3.05, 3.63) is 51.2 Å². The molecule has 1 N–H and O–H groups in total. The van der Waals surface area contributed by atoms with Gasteiger partial charge in [0.15, 0.2) is 0 Å². The molecular weight excluding hydrogens is 256 g/mol. The van der Waals surface area contributed by atoms with Crippen molar-refractivity contribution in [3.63, 3.8) is 0 Å². The number of ether oxygens (including phenoxy) is 1. The fraction of sp³-hybridized carbons (Fsp3) is 0.250. The predicted octanol–water partition coefficient (Wildman–Crippen LogP) is 3.29. The number of aliphatic hydroxyl groups excluding tert-OH is 1. The Bertz CT molecular complexity index is 597. The summed E-state index contributed by atoms with van der Waals surface area (Å²) in [5.74, 6) is 6.42. The van der Waals surface area contributed by atoms with Gasteiger partial charge in [-0.25, -0.2) is 0 Å². The van der Waals surface area contributed by atoms with E-state index in [4.69, 9.17) is 9.84 Å². The van der Waals surface area contributed by atoms with Gasteiger partial charge < -0.3 is 9.84 Å². The number of hydrogen-bond acceptors (Lipinski definition) is 3. The Morgan fingerprint density at radius 3 is 2.58 bits per heavy atom. The van der Waals surface area contributed by atoms with Crippen molar-refractivity contribution in [3.8, 4) is 17.6 Å². The molecule has 1 aromatic heterocycles. The van der Waals surface area contributed by atoms with Crippen LogP contribution in [0, 0.1) is 25.7 Å². The van der Waals surface area contributed by atoms with E-state index in [0.717, 1.165) is 16.2 Å². The van der Waals surface area contributed by atoms with E-state index in [2.05, 4.69) is 31.8 Å². The van der Waals surface area contributed by atoms with E-state index in [1.165, 1.54) is 11.1 Å². The number of benzene rings is 1. The SMILES string of the molecule is Cc1cc(C)cc(OCc2cc(C#CCO)cs2)c1. The third kappa shape index (κ3) is 4.13. The Labute approximate surface area is 117 Å². The molecule has 1 aromatic carbocycles. The highest BCUT2D eigenvalue weighted by molar-refractivity contribution is 7.10. The lowest BCUT2D eigenvalue weighted by molar-refractivity contribution is 0.309. The lowest BCUT2D eigenvalue weighted by Gasteiger charge is -2.06. The van der Waals surface area contributed by atoms with E-state index in [1.807, 2.05) is 23.6 Å². The van der Waals surface area contributed by atoms with Crippen molar-refractivity contribution >= 4 is 11.3 Å². The molecule has 0 aliphatic carbocycles. The Balaban J connectivity index is 2.00. The molecule has 0 radical (unpaired) electrons. The summed E-state index contributed by atoms with van der Waals surface area (Å²) >= 11 is 1.62. The van der Waals surface area contributed by atoms with Gasteiger partial charge in [0, 0.05) is 15.8 Å². The molecule has 0 aliphatic heterocycles. The molecule has 1 heterocycles. The van der Waals surface area contributed by atoms with Crippen molar-refractivity contribution in [2.75, 3.05) is 6.61 Å². The van der Waals surface area contributed by atoms with E-state index in [1.54, 1.807) is 11.3 Å². The van der Waals surface area contributed by atoms with Crippen LogP contribution in [0.5, 0.6) is 5.75 Å². The standard InChI is InChI=1S/C16H16O2S/c1-12-6-13(2)8-15(7-12)18-10-16-9-14(11-19-16)4-3-5-17/h6-9,11,17H,5,10H2,1-2H3. The normalized spacial score (nSPS) is 9.84. The molecule has 0 saturated heterocycles. The monoisotopic (exact) mass is 272 g/mol. The highest BCUT2D eigenvalue weighted by atomic mass is 32.1. The number of thiophene rings is 1. The highest BCUT2D eigenvalue weighted by Gasteiger charge is 2.01. The van der Waals surface area contributed by atoms with Gasteiger partial charge in [0.25, 0.3) is 0 Å². The third-order valence-corrected chi connectivity index (χ3v) is 3.45. The van der Waals surface area contributed by atoms with E-state index in [9.17, 15) is 0 Å². The molecule has 0 saturated carbocycles. The molecule has 19 heavy (non-hydrogen) atoms. The molecule has 0 spiro atoms. The van der Waals surface area contributed by atoms with Gasteiger partial charge in [-0.1, -0.05) is 17.9 Å². The summed E-state index contributed by atoms with van der Waals surface area (Å²) in [5.41, 5.74) is 3.34. The number of hydrogen-bond donors (Lipinski definition) is 1. The molecule has 0 aliphatic rings. The topological polar surface area (TPSA) is 29.5 Å². The van der Waals surface area contributed by atoms with Crippen LogP contribution in [-0.4, -0.2) is 11.7 Å².